The van der Waals surface area contributed by atoms with E-state index >= 15 is 0 Å². The topological polar surface area (TPSA) is 54.3 Å². The molecule has 0 unspecified atom stereocenters. The summed E-state index contributed by atoms with van der Waals surface area (Å²) in [6.07, 6.45) is 2.21. The van der Waals surface area contributed by atoms with Gasteiger partial charge in [-0.3, -0.25) is 4.79 Å². The van der Waals surface area contributed by atoms with Crippen LogP contribution in [0.1, 0.15) is 47.2 Å². The molecule has 0 aromatic carbocycles. The number of piperidine rings is 1. The lowest BCUT2D eigenvalue weighted by Gasteiger charge is -2.34. The van der Waals surface area contributed by atoms with Crippen molar-refractivity contribution in [1.82, 2.24) is 10.6 Å². The average Bonchev–Trinajstić information content (AvgIpc) is 2.62. The maximum absolute atomic E-state index is 12.3. The van der Waals surface area contributed by atoms with E-state index in [1.807, 2.05) is 20.8 Å². The van der Waals surface area contributed by atoms with Gasteiger partial charge >= 0.3 is 0 Å². The Hall–Kier alpha value is -1.29. The van der Waals surface area contributed by atoms with Crippen molar-refractivity contribution in [2.45, 2.75) is 40.5 Å². The lowest BCUT2D eigenvalue weighted by atomic mass is 9.81. The second kappa shape index (κ2) is 5.37. The van der Waals surface area contributed by atoms with Crippen LogP contribution >= 0.6 is 0 Å². The second-order valence-electron chi connectivity index (χ2n) is 5.96. The molecular formula is C15H24N2O2. The summed E-state index contributed by atoms with van der Waals surface area (Å²) in [7, 11) is 0. The first-order valence-electron chi connectivity index (χ1n) is 6.98. The van der Waals surface area contributed by atoms with Crippen LogP contribution in [0.3, 0.4) is 0 Å². The zero-order chi connectivity index (χ0) is 14.0. The number of nitrogens with one attached hydrogen (secondary N) is 2. The van der Waals surface area contributed by atoms with Crippen molar-refractivity contribution in [2.75, 3.05) is 19.6 Å². The number of rotatable bonds is 3. The smallest absolute Gasteiger partial charge is 0.255 e. The fourth-order valence-electron chi connectivity index (χ4n) is 2.72. The Kier molecular flexibility index (Phi) is 3.99. The molecule has 0 bridgehead atoms. The van der Waals surface area contributed by atoms with E-state index < -0.39 is 0 Å². The molecule has 1 amide bonds. The van der Waals surface area contributed by atoms with Crippen LogP contribution < -0.4 is 10.6 Å². The lowest BCUT2D eigenvalue weighted by Crippen LogP contribution is -2.43. The van der Waals surface area contributed by atoms with Gasteiger partial charge in [0.15, 0.2) is 0 Å². The van der Waals surface area contributed by atoms with Crippen molar-refractivity contribution in [3.05, 3.63) is 22.6 Å². The van der Waals surface area contributed by atoms with Gasteiger partial charge in [-0.1, -0.05) is 6.92 Å². The van der Waals surface area contributed by atoms with Crippen molar-refractivity contribution >= 4 is 5.91 Å². The van der Waals surface area contributed by atoms with Crippen molar-refractivity contribution in [2.24, 2.45) is 5.41 Å². The third-order valence-corrected chi connectivity index (χ3v) is 4.27. The third-order valence-electron chi connectivity index (χ3n) is 4.27. The van der Waals surface area contributed by atoms with Crippen LogP contribution in [-0.2, 0) is 0 Å². The van der Waals surface area contributed by atoms with Crippen LogP contribution in [0.5, 0.6) is 0 Å². The first kappa shape index (κ1) is 14.1. The minimum Gasteiger partial charge on any atom is -0.466 e. The van der Waals surface area contributed by atoms with Crippen LogP contribution in [0.15, 0.2) is 4.42 Å². The molecule has 2 rings (SSSR count). The fourth-order valence-corrected chi connectivity index (χ4v) is 2.72. The van der Waals surface area contributed by atoms with E-state index in [1.54, 1.807) is 0 Å². The first-order valence-corrected chi connectivity index (χ1v) is 6.98. The number of hydrogen-bond acceptors (Lipinski definition) is 3. The molecule has 0 aliphatic carbocycles. The predicted octanol–water partition coefficient (Wildman–Crippen LogP) is 2.32. The summed E-state index contributed by atoms with van der Waals surface area (Å²) in [4.78, 5) is 12.3. The summed E-state index contributed by atoms with van der Waals surface area (Å²) < 4.78 is 5.51. The number of amides is 1. The maximum atomic E-state index is 12.3. The molecule has 4 nitrogen and oxygen atoms in total. The van der Waals surface area contributed by atoms with E-state index in [9.17, 15) is 4.79 Å². The summed E-state index contributed by atoms with van der Waals surface area (Å²) in [5, 5.41) is 6.43. The SMILES string of the molecule is Cc1oc(C)c(C(=O)NCC2(C)CCNCC2)c1C. The van der Waals surface area contributed by atoms with Gasteiger partial charge in [0.1, 0.15) is 11.5 Å². The zero-order valence-corrected chi connectivity index (χ0v) is 12.4. The molecule has 1 aromatic heterocycles. The number of carbonyl (C=O) groups is 1. The Morgan fingerprint density at radius 2 is 1.89 bits per heavy atom. The Balaban J connectivity index is 2.01. The molecule has 4 heteroatoms. The van der Waals surface area contributed by atoms with Crippen LogP contribution in [0.2, 0.25) is 0 Å². The van der Waals surface area contributed by atoms with Crippen molar-refractivity contribution in [3.8, 4) is 0 Å². The second-order valence-corrected chi connectivity index (χ2v) is 5.96. The van der Waals surface area contributed by atoms with E-state index in [-0.39, 0.29) is 11.3 Å². The van der Waals surface area contributed by atoms with Gasteiger partial charge in [-0.25, -0.2) is 0 Å². The standard InChI is InChI=1S/C15H24N2O2/c1-10-11(2)19-12(3)13(10)14(18)17-9-15(4)5-7-16-8-6-15/h16H,5-9H2,1-4H3,(H,17,18). The van der Waals surface area contributed by atoms with E-state index in [4.69, 9.17) is 4.42 Å². The molecule has 1 aliphatic heterocycles. The summed E-state index contributed by atoms with van der Waals surface area (Å²) in [5.74, 6) is 1.53. The average molecular weight is 264 g/mol. The molecule has 19 heavy (non-hydrogen) atoms. The molecule has 2 N–H and O–H groups in total. The summed E-state index contributed by atoms with van der Waals surface area (Å²) in [5.41, 5.74) is 1.86. The molecule has 106 valence electrons. The van der Waals surface area contributed by atoms with Gasteiger partial charge < -0.3 is 15.1 Å². The van der Waals surface area contributed by atoms with E-state index in [2.05, 4.69) is 17.6 Å². The largest absolute Gasteiger partial charge is 0.466 e. The molecule has 0 saturated carbocycles. The lowest BCUT2D eigenvalue weighted by molar-refractivity contribution is 0.0920. The fraction of sp³-hybridized carbons (Fsp3) is 0.667. The summed E-state index contributed by atoms with van der Waals surface area (Å²) >= 11 is 0. The summed E-state index contributed by atoms with van der Waals surface area (Å²) in [6.45, 7) is 10.7. The van der Waals surface area contributed by atoms with Crippen LogP contribution in [-0.4, -0.2) is 25.5 Å². The Labute approximate surface area is 114 Å². The first-order chi connectivity index (χ1) is 8.93. The number of carbonyl (C=O) groups excluding carboxylic acids is 1. The minimum absolute atomic E-state index is 0.00777. The number of aryl methyl sites for hydroxylation is 2. The molecule has 1 fully saturated rings. The number of furan rings is 1. The molecule has 1 aliphatic rings. The molecule has 1 aromatic rings. The molecule has 0 atom stereocenters. The van der Waals surface area contributed by atoms with E-state index in [0.29, 0.717) is 11.3 Å². The van der Waals surface area contributed by atoms with Crippen molar-refractivity contribution < 1.29 is 9.21 Å². The molecular weight excluding hydrogens is 240 g/mol. The Morgan fingerprint density at radius 3 is 2.42 bits per heavy atom. The quantitative estimate of drug-likeness (QED) is 0.881. The maximum Gasteiger partial charge on any atom is 0.255 e. The van der Waals surface area contributed by atoms with Gasteiger partial charge in [0.2, 0.25) is 0 Å². The van der Waals surface area contributed by atoms with E-state index in [1.165, 1.54) is 0 Å². The monoisotopic (exact) mass is 264 g/mol. The highest BCUT2D eigenvalue weighted by Gasteiger charge is 2.28. The number of hydrogen-bond donors (Lipinski definition) is 2. The van der Waals surface area contributed by atoms with Gasteiger partial charge in [-0.15, -0.1) is 0 Å². The van der Waals surface area contributed by atoms with Gasteiger partial charge in [0.25, 0.3) is 5.91 Å². The van der Waals surface area contributed by atoms with Crippen molar-refractivity contribution in [1.29, 1.82) is 0 Å². The minimum atomic E-state index is -0.00777. The normalized spacial score (nSPS) is 18.3. The molecule has 0 spiro atoms. The summed E-state index contributed by atoms with van der Waals surface area (Å²) in [6, 6.07) is 0. The predicted molar refractivity (Wildman–Crippen MR) is 75.5 cm³/mol. The van der Waals surface area contributed by atoms with Gasteiger partial charge in [-0.05, 0) is 52.1 Å². The van der Waals surface area contributed by atoms with Crippen molar-refractivity contribution in [3.63, 3.8) is 0 Å². The Morgan fingerprint density at radius 1 is 1.26 bits per heavy atom. The highest BCUT2D eigenvalue weighted by atomic mass is 16.3. The molecule has 0 radical (unpaired) electrons. The zero-order valence-electron chi connectivity index (χ0n) is 12.4. The molecule has 2 heterocycles. The van der Waals surface area contributed by atoms with Gasteiger partial charge in [0, 0.05) is 12.1 Å². The highest BCUT2D eigenvalue weighted by Crippen LogP contribution is 2.27. The van der Waals surface area contributed by atoms with E-state index in [0.717, 1.165) is 43.8 Å². The van der Waals surface area contributed by atoms with Gasteiger partial charge in [-0.2, -0.15) is 0 Å². The molecule has 1 saturated heterocycles. The highest BCUT2D eigenvalue weighted by molar-refractivity contribution is 5.96. The van der Waals surface area contributed by atoms with Gasteiger partial charge in [0.05, 0.1) is 5.56 Å². The Bertz CT molecular complexity index is 471. The van der Waals surface area contributed by atoms with Crippen LogP contribution in [0.4, 0.5) is 0 Å². The third kappa shape index (κ3) is 3.00. The van der Waals surface area contributed by atoms with Crippen LogP contribution in [0.25, 0.3) is 0 Å². The van der Waals surface area contributed by atoms with Crippen LogP contribution in [0, 0.1) is 26.2 Å².